The van der Waals surface area contributed by atoms with Crippen LogP contribution in [0.5, 0.6) is 0 Å². The second-order valence-electron chi connectivity index (χ2n) is 7.11. The fraction of sp³-hybridized carbons (Fsp3) is 0.130. The van der Waals surface area contributed by atoms with E-state index in [4.69, 9.17) is 11.6 Å². The molecule has 0 saturated heterocycles. The topological polar surface area (TPSA) is 49.4 Å². The molecule has 0 spiro atoms. The molecular weight excluding hydrogens is 404 g/mol. The van der Waals surface area contributed by atoms with Gasteiger partial charge in [0.2, 0.25) is 0 Å². The number of aryl methyl sites for hydroxylation is 3. The Bertz CT molecular complexity index is 1150. The molecule has 1 aliphatic rings. The van der Waals surface area contributed by atoms with E-state index in [1.807, 2.05) is 50.4 Å². The maximum absolute atomic E-state index is 13.4. The number of rotatable bonds is 4. The van der Waals surface area contributed by atoms with E-state index in [0.717, 1.165) is 27.3 Å². The van der Waals surface area contributed by atoms with Gasteiger partial charge in [0, 0.05) is 15.6 Å². The Labute approximate surface area is 178 Å². The highest BCUT2D eigenvalue weighted by Crippen LogP contribution is 2.37. The van der Waals surface area contributed by atoms with Gasteiger partial charge in [0.15, 0.2) is 0 Å². The second kappa shape index (κ2) is 7.50. The van der Waals surface area contributed by atoms with Crippen LogP contribution in [0.3, 0.4) is 0 Å². The SMILES string of the molecule is Cc1cc(C)cc(NC2=C(c3cccs3)C(=O)N(c3ccc(Cl)cc3C)C2=O)c1. The summed E-state index contributed by atoms with van der Waals surface area (Å²) in [4.78, 5) is 28.7. The van der Waals surface area contributed by atoms with Gasteiger partial charge in [-0.25, -0.2) is 4.90 Å². The van der Waals surface area contributed by atoms with Gasteiger partial charge in [-0.1, -0.05) is 23.7 Å². The van der Waals surface area contributed by atoms with Crippen LogP contribution in [0.4, 0.5) is 11.4 Å². The predicted molar refractivity (Wildman–Crippen MR) is 119 cm³/mol. The van der Waals surface area contributed by atoms with E-state index in [-0.39, 0.29) is 17.5 Å². The minimum absolute atomic E-state index is 0.289. The smallest absolute Gasteiger partial charge is 0.282 e. The third kappa shape index (κ3) is 3.59. The summed E-state index contributed by atoms with van der Waals surface area (Å²) in [6.07, 6.45) is 0. The van der Waals surface area contributed by atoms with Crippen LogP contribution < -0.4 is 10.2 Å². The molecule has 2 aromatic carbocycles. The average Bonchev–Trinajstić information content (AvgIpc) is 3.23. The number of imide groups is 1. The molecule has 0 bridgehead atoms. The van der Waals surface area contributed by atoms with Gasteiger partial charge in [0.1, 0.15) is 5.70 Å². The van der Waals surface area contributed by atoms with Crippen LogP contribution in [0.25, 0.3) is 5.57 Å². The molecule has 29 heavy (non-hydrogen) atoms. The normalized spacial score (nSPS) is 14.1. The van der Waals surface area contributed by atoms with E-state index in [1.165, 1.54) is 16.2 Å². The Balaban J connectivity index is 1.82. The standard InChI is InChI=1S/C23H19ClN2O2S/c1-13-9-14(2)11-17(10-13)25-21-20(19-5-4-8-29-19)22(27)26(23(21)28)18-7-6-16(24)12-15(18)3/h4-12,25H,1-3H3. The Hall–Kier alpha value is -2.89. The molecule has 0 aliphatic carbocycles. The number of halogens is 1. The largest absolute Gasteiger partial charge is 0.350 e. The first kappa shape index (κ1) is 19.4. The van der Waals surface area contributed by atoms with Crippen LogP contribution in [0.1, 0.15) is 21.6 Å². The molecule has 2 heterocycles. The van der Waals surface area contributed by atoms with Gasteiger partial charge >= 0.3 is 0 Å². The molecule has 1 aromatic heterocycles. The molecule has 4 rings (SSSR count). The molecule has 4 nitrogen and oxygen atoms in total. The van der Waals surface area contributed by atoms with E-state index >= 15 is 0 Å². The van der Waals surface area contributed by atoms with Crippen LogP contribution in [0.15, 0.2) is 59.6 Å². The van der Waals surface area contributed by atoms with Crippen molar-refractivity contribution in [3.05, 3.63) is 86.2 Å². The number of anilines is 2. The zero-order valence-corrected chi connectivity index (χ0v) is 17.8. The number of nitrogens with one attached hydrogen (secondary N) is 1. The maximum Gasteiger partial charge on any atom is 0.282 e. The fourth-order valence-corrected chi connectivity index (χ4v) is 4.57. The number of amides is 2. The van der Waals surface area contributed by atoms with Gasteiger partial charge in [-0.15, -0.1) is 11.3 Å². The van der Waals surface area contributed by atoms with Gasteiger partial charge in [-0.05, 0) is 79.2 Å². The molecule has 1 N–H and O–H groups in total. The van der Waals surface area contributed by atoms with Crippen molar-refractivity contribution in [3.8, 4) is 0 Å². The zero-order valence-electron chi connectivity index (χ0n) is 16.2. The molecule has 2 amide bonds. The van der Waals surface area contributed by atoms with Gasteiger partial charge in [-0.2, -0.15) is 0 Å². The summed E-state index contributed by atoms with van der Waals surface area (Å²) < 4.78 is 0. The van der Waals surface area contributed by atoms with Crippen molar-refractivity contribution in [2.24, 2.45) is 0 Å². The highest BCUT2D eigenvalue weighted by Gasteiger charge is 2.41. The summed E-state index contributed by atoms with van der Waals surface area (Å²) in [6, 6.07) is 14.8. The van der Waals surface area contributed by atoms with Gasteiger partial charge in [0.05, 0.1) is 11.3 Å². The minimum Gasteiger partial charge on any atom is -0.350 e. The van der Waals surface area contributed by atoms with Crippen molar-refractivity contribution in [2.45, 2.75) is 20.8 Å². The molecule has 0 atom stereocenters. The maximum atomic E-state index is 13.4. The first-order valence-corrected chi connectivity index (χ1v) is 10.4. The van der Waals surface area contributed by atoms with Crippen molar-refractivity contribution < 1.29 is 9.59 Å². The Kier molecular flexibility index (Phi) is 5.03. The molecule has 6 heteroatoms. The lowest BCUT2D eigenvalue weighted by molar-refractivity contribution is -0.120. The Morgan fingerprint density at radius 2 is 1.66 bits per heavy atom. The molecule has 0 radical (unpaired) electrons. The first-order chi connectivity index (χ1) is 13.8. The Morgan fingerprint density at radius 1 is 0.931 bits per heavy atom. The monoisotopic (exact) mass is 422 g/mol. The zero-order chi connectivity index (χ0) is 20.7. The van der Waals surface area contributed by atoms with Crippen LogP contribution in [-0.2, 0) is 9.59 Å². The summed E-state index contributed by atoms with van der Waals surface area (Å²) in [6.45, 7) is 5.83. The quantitative estimate of drug-likeness (QED) is 0.547. The fourth-order valence-electron chi connectivity index (χ4n) is 3.57. The number of hydrogen-bond donors (Lipinski definition) is 1. The van der Waals surface area contributed by atoms with Crippen molar-refractivity contribution >= 4 is 51.7 Å². The van der Waals surface area contributed by atoms with Gasteiger partial charge in [-0.3, -0.25) is 9.59 Å². The van der Waals surface area contributed by atoms with Crippen LogP contribution >= 0.6 is 22.9 Å². The summed E-state index contributed by atoms with van der Waals surface area (Å²) in [7, 11) is 0. The average molecular weight is 423 g/mol. The lowest BCUT2D eigenvalue weighted by Crippen LogP contribution is -2.33. The first-order valence-electron chi connectivity index (χ1n) is 9.13. The molecular formula is C23H19ClN2O2S. The number of hydrogen-bond acceptors (Lipinski definition) is 4. The van der Waals surface area contributed by atoms with Gasteiger partial charge in [0.25, 0.3) is 11.8 Å². The highest BCUT2D eigenvalue weighted by atomic mass is 35.5. The van der Waals surface area contributed by atoms with E-state index in [0.29, 0.717) is 16.3 Å². The summed E-state index contributed by atoms with van der Waals surface area (Å²) in [5.74, 6) is -0.710. The summed E-state index contributed by atoms with van der Waals surface area (Å²) in [5, 5.41) is 5.67. The summed E-state index contributed by atoms with van der Waals surface area (Å²) >= 11 is 7.49. The van der Waals surface area contributed by atoms with Crippen LogP contribution in [0.2, 0.25) is 5.02 Å². The third-order valence-electron chi connectivity index (χ3n) is 4.74. The molecule has 0 fully saturated rings. The van der Waals surface area contributed by atoms with Crippen molar-refractivity contribution in [1.29, 1.82) is 0 Å². The van der Waals surface area contributed by atoms with Crippen LogP contribution in [-0.4, -0.2) is 11.8 Å². The van der Waals surface area contributed by atoms with E-state index in [9.17, 15) is 9.59 Å². The minimum atomic E-state index is -0.372. The summed E-state index contributed by atoms with van der Waals surface area (Å²) in [5.41, 5.74) is 4.91. The molecule has 146 valence electrons. The van der Waals surface area contributed by atoms with Crippen molar-refractivity contribution in [2.75, 3.05) is 10.2 Å². The van der Waals surface area contributed by atoms with Gasteiger partial charge < -0.3 is 5.32 Å². The number of nitrogens with zero attached hydrogens (tertiary/aromatic N) is 1. The molecule has 0 unspecified atom stereocenters. The lowest BCUT2D eigenvalue weighted by Gasteiger charge is -2.18. The third-order valence-corrected chi connectivity index (χ3v) is 5.86. The van der Waals surface area contributed by atoms with E-state index in [2.05, 4.69) is 11.4 Å². The molecule has 0 saturated carbocycles. The number of carbonyl (C=O) groups is 2. The van der Waals surface area contributed by atoms with E-state index < -0.39 is 0 Å². The second-order valence-corrected chi connectivity index (χ2v) is 8.49. The van der Waals surface area contributed by atoms with Crippen molar-refractivity contribution in [3.63, 3.8) is 0 Å². The molecule has 1 aliphatic heterocycles. The van der Waals surface area contributed by atoms with Crippen LogP contribution in [0, 0.1) is 20.8 Å². The highest BCUT2D eigenvalue weighted by molar-refractivity contribution is 7.11. The van der Waals surface area contributed by atoms with Crippen molar-refractivity contribution in [1.82, 2.24) is 0 Å². The number of carbonyl (C=O) groups excluding carboxylic acids is 2. The molecule has 3 aromatic rings. The van der Waals surface area contributed by atoms with E-state index in [1.54, 1.807) is 18.2 Å². The predicted octanol–water partition coefficient (Wildman–Crippen LogP) is 5.72. The number of thiophene rings is 1. The number of benzene rings is 2. The Morgan fingerprint density at radius 3 is 2.28 bits per heavy atom. The lowest BCUT2D eigenvalue weighted by atomic mass is 10.1.